The number of aliphatic hydroxyl groups excluding tert-OH is 1. The van der Waals surface area contributed by atoms with Crippen molar-refractivity contribution in [1.29, 1.82) is 0 Å². The molecule has 3 rings (SSSR count). The van der Waals surface area contributed by atoms with Gasteiger partial charge in [0.25, 0.3) is 0 Å². The van der Waals surface area contributed by atoms with E-state index >= 15 is 0 Å². The fourth-order valence-electron chi connectivity index (χ4n) is 2.81. The number of pyridine rings is 1. The van der Waals surface area contributed by atoms with Crippen molar-refractivity contribution in [3.63, 3.8) is 0 Å². The maximum absolute atomic E-state index is 10.3. The summed E-state index contributed by atoms with van der Waals surface area (Å²) in [7, 11) is 0. The molecule has 0 radical (unpaired) electrons. The highest BCUT2D eigenvalue weighted by atomic mass is 16.3. The second kappa shape index (κ2) is 6.23. The SMILES string of the molecule is CC(O)/C(=C\c1ccnc2[nH]ccc12)c1ccc(C(C)(C)N)cc1. The van der Waals surface area contributed by atoms with Crippen LogP contribution >= 0.6 is 0 Å². The summed E-state index contributed by atoms with van der Waals surface area (Å²) in [5, 5.41) is 11.3. The first-order chi connectivity index (χ1) is 11.4. The van der Waals surface area contributed by atoms with Crippen LogP contribution in [0.4, 0.5) is 0 Å². The number of aromatic nitrogens is 2. The van der Waals surface area contributed by atoms with E-state index in [9.17, 15) is 5.11 Å². The second-order valence-electron chi connectivity index (χ2n) is 6.71. The molecule has 0 aliphatic heterocycles. The van der Waals surface area contributed by atoms with E-state index in [-0.39, 0.29) is 5.54 Å². The first-order valence-electron chi connectivity index (χ1n) is 8.08. The largest absolute Gasteiger partial charge is 0.389 e. The van der Waals surface area contributed by atoms with Gasteiger partial charge in [0, 0.05) is 23.3 Å². The molecule has 0 saturated heterocycles. The van der Waals surface area contributed by atoms with Crippen LogP contribution in [0.1, 0.15) is 37.5 Å². The highest BCUT2D eigenvalue weighted by Crippen LogP contribution is 2.27. The van der Waals surface area contributed by atoms with Crippen LogP contribution in [0.3, 0.4) is 0 Å². The molecule has 2 heterocycles. The van der Waals surface area contributed by atoms with E-state index in [4.69, 9.17) is 5.73 Å². The number of rotatable bonds is 4. The number of nitrogens with two attached hydrogens (primary N) is 1. The molecule has 0 bridgehead atoms. The lowest BCUT2D eigenvalue weighted by molar-refractivity contribution is 0.254. The smallest absolute Gasteiger partial charge is 0.137 e. The summed E-state index contributed by atoms with van der Waals surface area (Å²) in [5.74, 6) is 0. The Kier molecular flexibility index (Phi) is 4.26. The van der Waals surface area contributed by atoms with E-state index in [0.717, 1.165) is 33.3 Å². The molecule has 4 N–H and O–H groups in total. The fraction of sp³-hybridized carbons (Fsp3) is 0.250. The zero-order valence-electron chi connectivity index (χ0n) is 14.2. The van der Waals surface area contributed by atoms with Gasteiger partial charge in [0.15, 0.2) is 0 Å². The lowest BCUT2D eigenvalue weighted by Crippen LogP contribution is -2.28. The van der Waals surface area contributed by atoms with Crippen molar-refractivity contribution in [1.82, 2.24) is 9.97 Å². The number of hydrogen-bond acceptors (Lipinski definition) is 3. The lowest BCUT2D eigenvalue weighted by Gasteiger charge is -2.20. The van der Waals surface area contributed by atoms with Gasteiger partial charge in [-0.15, -0.1) is 0 Å². The number of aromatic amines is 1. The van der Waals surface area contributed by atoms with E-state index in [1.165, 1.54) is 0 Å². The summed E-state index contributed by atoms with van der Waals surface area (Å²) in [6.45, 7) is 5.74. The summed E-state index contributed by atoms with van der Waals surface area (Å²) in [4.78, 5) is 7.41. The third-order valence-electron chi connectivity index (χ3n) is 4.22. The predicted octanol–water partition coefficient (Wildman–Crippen LogP) is 3.68. The van der Waals surface area contributed by atoms with Crippen molar-refractivity contribution >= 4 is 22.7 Å². The lowest BCUT2D eigenvalue weighted by atomic mass is 9.92. The van der Waals surface area contributed by atoms with Crippen molar-refractivity contribution < 1.29 is 5.11 Å². The van der Waals surface area contributed by atoms with Gasteiger partial charge in [0.05, 0.1) is 6.10 Å². The Bertz CT molecular complexity index is 868. The molecular formula is C20H23N3O. The Hall–Kier alpha value is -2.43. The van der Waals surface area contributed by atoms with Gasteiger partial charge >= 0.3 is 0 Å². The average molecular weight is 321 g/mol. The standard InChI is InChI=1S/C20H23N3O/c1-13(24)18(14-4-6-16(7-5-14)20(2,3)21)12-15-8-10-22-19-17(15)9-11-23-19/h4-13,24H,21H2,1-3H3,(H,22,23)/b18-12+. The Morgan fingerprint density at radius 1 is 1.21 bits per heavy atom. The molecule has 0 aliphatic rings. The van der Waals surface area contributed by atoms with E-state index in [1.54, 1.807) is 13.1 Å². The van der Waals surface area contributed by atoms with Crippen LogP contribution in [0.15, 0.2) is 48.8 Å². The minimum atomic E-state index is -0.580. The van der Waals surface area contributed by atoms with Gasteiger partial charge in [-0.05, 0) is 61.2 Å². The molecule has 4 heteroatoms. The van der Waals surface area contributed by atoms with Gasteiger partial charge in [-0.1, -0.05) is 24.3 Å². The normalized spacial score (nSPS) is 14.1. The highest BCUT2D eigenvalue weighted by molar-refractivity contribution is 5.93. The highest BCUT2D eigenvalue weighted by Gasteiger charge is 2.15. The minimum absolute atomic E-state index is 0.379. The molecule has 0 fully saturated rings. The number of benzene rings is 1. The molecule has 1 atom stereocenters. The van der Waals surface area contributed by atoms with Crippen molar-refractivity contribution in [3.05, 3.63) is 65.5 Å². The summed E-state index contributed by atoms with van der Waals surface area (Å²) >= 11 is 0. The molecule has 4 nitrogen and oxygen atoms in total. The van der Waals surface area contributed by atoms with Crippen molar-refractivity contribution in [2.24, 2.45) is 5.73 Å². The average Bonchev–Trinajstić information content (AvgIpc) is 3.01. The van der Waals surface area contributed by atoms with Crippen LogP contribution in [-0.2, 0) is 5.54 Å². The topological polar surface area (TPSA) is 74.9 Å². The quantitative estimate of drug-likeness (QED) is 0.686. The molecule has 2 aromatic heterocycles. The minimum Gasteiger partial charge on any atom is -0.389 e. The third kappa shape index (κ3) is 3.25. The number of H-pyrrole nitrogens is 1. The first-order valence-corrected chi connectivity index (χ1v) is 8.08. The van der Waals surface area contributed by atoms with Crippen LogP contribution < -0.4 is 5.73 Å². The maximum Gasteiger partial charge on any atom is 0.137 e. The van der Waals surface area contributed by atoms with E-state index in [1.807, 2.05) is 62.5 Å². The zero-order valence-corrected chi connectivity index (χ0v) is 14.2. The predicted molar refractivity (Wildman–Crippen MR) is 99.3 cm³/mol. The Morgan fingerprint density at radius 2 is 1.92 bits per heavy atom. The Balaban J connectivity index is 2.06. The second-order valence-corrected chi connectivity index (χ2v) is 6.71. The number of nitrogens with zero attached hydrogens (tertiary/aromatic N) is 1. The molecular weight excluding hydrogens is 298 g/mol. The van der Waals surface area contributed by atoms with Gasteiger partial charge in [0.1, 0.15) is 5.65 Å². The van der Waals surface area contributed by atoms with Crippen molar-refractivity contribution in [2.45, 2.75) is 32.4 Å². The molecule has 0 saturated carbocycles. The van der Waals surface area contributed by atoms with Crippen LogP contribution in [-0.4, -0.2) is 21.2 Å². The third-order valence-corrected chi connectivity index (χ3v) is 4.22. The molecule has 1 aromatic carbocycles. The van der Waals surface area contributed by atoms with Crippen LogP contribution in [0.2, 0.25) is 0 Å². The van der Waals surface area contributed by atoms with Crippen LogP contribution in [0.25, 0.3) is 22.7 Å². The molecule has 1 unspecified atom stereocenters. The van der Waals surface area contributed by atoms with Gasteiger partial charge in [0.2, 0.25) is 0 Å². The number of nitrogens with one attached hydrogen (secondary N) is 1. The van der Waals surface area contributed by atoms with Gasteiger partial charge in [-0.25, -0.2) is 4.98 Å². The number of hydrogen-bond donors (Lipinski definition) is 3. The van der Waals surface area contributed by atoms with Crippen molar-refractivity contribution in [2.75, 3.05) is 0 Å². The van der Waals surface area contributed by atoms with Crippen molar-refractivity contribution in [3.8, 4) is 0 Å². The van der Waals surface area contributed by atoms with E-state index < -0.39 is 6.10 Å². The van der Waals surface area contributed by atoms with E-state index in [2.05, 4.69) is 9.97 Å². The van der Waals surface area contributed by atoms with Gasteiger partial charge in [-0.3, -0.25) is 0 Å². The zero-order chi connectivity index (χ0) is 17.3. The summed E-state index contributed by atoms with van der Waals surface area (Å²) in [5.41, 5.74) is 10.5. The van der Waals surface area contributed by atoms with Gasteiger partial charge in [-0.2, -0.15) is 0 Å². The molecule has 24 heavy (non-hydrogen) atoms. The maximum atomic E-state index is 10.3. The summed E-state index contributed by atoms with van der Waals surface area (Å²) in [6, 6.07) is 12.0. The van der Waals surface area contributed by atoms with Crippen LogP contribution in [0.5, 0.6) is 0 Å². The summed E-state index contributed by atoms with van der Waals surface area (Å²) < 4.78 is 0. The number of fused-ring (bicyclic) bond motifs is 1. The fourth-order valence-corrected chi connectivity index (χ4v) is 2.81. The molecule has 3 aromatic rings. The Labute approximate surface area is 142 Å². The van der Waals surface area contributed by atoms with E-state index in [0.29, 0.717) is 0 Å². The molecule has 0 amide bonds. The number of aliphatic hydroxyl groups is 1. The van der Waals surface area contributed by atoms with Gasteiger partial charge < -0.3 is 15.8 Å². The molecule has 0 spiro atoms. The van der Waals surface area contributed by atoms with Crippen LogP contribution in [0, 0.1) is 0 Å². The Morgan fingerprint density at radius 3 is 2.54 bits per heavy atom. The molecule has 0 aliphatic carbocycles. The first kappa shape index (κ1) is 16.4. The monoisotopic (exact) mass is 321 g/mol. The molecule has 124 valence electrons. The summed E-state index contributed by atoms with van der Waals surface area (Å²) in [6.07, 6.45) is 5.08.